The largest absolute Gasteiger partial charge is 0.392 e. The second kappa shape index (κ2) is 13.1. The summed E-state index contributed by atoms with van der Waals surface area (Å²) >= 11 is 1.72. The second-order valence-corrected chi connectivity index (χ2v) is 9.31. The minimum atomic E-state index is 0.0578. The zero-order chi connectivity index (χ0) is 23.4. The Bertz CT molecular complexity index is 1100. The van der Waals surface area contributed by atoms with Gasteiger partial charge in [0.2, 0.25) is 0 Å². The van der Waals surface area contributed by atoms with Crippen LogP contribution in [0.1, 0.15) is 28.2 Å². The van der Waals surface area contributed by atoms with Gasteiger partial charge in [-0.25, -0.2) is 0 Å². The number of benzene rings is 4. The molecular formula is C30H32N2OS. The third kappa shape index (κ3) is 6.81. The molecule has 0 aliphatic carbocycles. The Hall–Kier alpha value is -2.89. The smallest absolute Gasteiger partial charge is 0.0692 e. The highest BCUT2D eigenvalue weighted by Gasteiger charge is 2.13. The highest BCUT2D eigenvalue weighted by molar-refractivity contribution is 7.99. The number of nitrogens with one attached hydrogen (secondary N) is 2. The highest BCUT2D eigenvalue weighted by Crippen LogP contribution is 2.32. The average molecular weight is 469 g/mol. The van der Waals surface area contributed by atoms with Gasteiger partial charge < -0.3 is 15.7 Å². The number of rotatable bonds is 12. The van der Waals surface area contributed by atoms with E-state index >= 15 is 0 Å². The summed E-state index contributed by atoms with van der Waals surface area (Å²) in [7, 11) is 0. The molecular weight excluding hydrogens is 436 g/mol. The second-order valence-electron chi connectivity index (χ2n) is 8.23. The lowest BCUT2D eigenvalue weighted by molar-refractivity contribution is 0.279. The van der Waals surface area contributed by atoms with Crippen molar-refractivity contribution in [3.63, 3.8) is 0 Å². The van der Waals surface area contributed by atoms with Crippen LogP contribution in [0.25, 0.3) is 0 Å². The van der Waals surface area contributed by atoms with Crippen molar-refractivity contribution in [1.82, 2.24) is 10.6 Å². The molecule has 4 heteroatoms. The highest BCUT2D eigenvalue weighted by atomic mass is 32.2. The summed E-state index contributed by atoms with van der Waals surface area (Å²) in [5, 5.41) is 16.9. The van der Waals surface area contributed by atoms with Crippen LogP contribution in [0.3, 0.4) is 0 Å². The maximum absolute atomic E-state index is 9.64. The van der Waals surface area contributed by atoms with Crippen LogP contribution in [0.2, 0.25) is 0 Å². The molecule has 0 aliphatic heterocycles. The molecule has 0 atom stereocenters. The Morgan fingerprint density at radius 2 is 1.09 bits per heavy atom. The van der Waals surface area contributed by atoms with Crippen molar-refractivity contribution >= 4 is 11.8 Å². The number of aliphatic hydroxyl groups excluding tert-OH is 1. The van der Waals surface area contributed by atoms with E-state index < -0.39 is 0 Å². The molecule has 0 amide bonds. The molecule has 0 bridgehead atoms. The number of aliphatic hydroxyl groups is 1. The van der Waals surface area contributed by atoms with Crippen molar-refractivity contribution in [3.05, 3.63) is 131 Å². The van der Waals surface area contributed by atoms with Crippen LogP contribution >= 0.6 is 11.8 Å². The molecule has 34 heavy (non-hydrogen) atoms. The van der Waals surface area contributed by atoms with Gasteiger partial charge in [0.1, 0.15) is 0 Å². The standard InChI is InChI=1S/C30H32N2OS/c33-23-27-16-8-10-18-30(27)34-29-17-9-7-15-26(29)21-31-19-20-32-22-28(24-11-3-1-4-12-24)25-13-5-2-6-14-25/h1-18,28,31-33H,19-23H2. The minimum Gasteiger partial charge on any atom is -0.392 e. The minimum absolute atomic E-state index is 0.0578. The van der Waals surface area contributed by atoms with Gasteiger partial charge in [0.05, 0.1) is 6.61 Å². The van der Waals surface area contributed by atoms with Crippen LogP contribution in [0.15, 0.2) is 119 Å². The van der Waals surface area contributed by atoms with Gasteiger partial charge in [0.25, 0.3) is 0 Å². The number of hydrogen-bond donors (Lipinski definition) is 3. The summed E-state index contributed by atoms with van der Waals surface area (Å²) in [6.45, 7) is 3.57. The van der Waals surface area contributed by atoms with Gasteiger partial charge >= 0.3 is 0 Å². The monoisotopic (exact) mass is 468 g/mol. The zero-order valence-electron chi connectivity index (χ0n) is 19.4. The van der Waals surface area contributed by atoms with Gasteiger partial charge in [0.15, 0.2) is 0 Å². The predicted octanol–water partition coefficient (Wildman–Crippen LogP) is 5.84. The molecule has 0 saturated carbocycles. The van der Waals surface area contributed by atoms with E-state index in [1.807, 2.05) is 18.2 Å². The quantitative estimate of drug-likeness (QED) is 0.229. The lowest BCUT2D eigenvalue weighted by atomic mass is 9.91. The van der Waals surface area contributed by atoms with Gasteiger partial charge in [-0.1, -0.05) is 109 Å². The first-order valence-corrected chi connectivity index (χ1v) is 12.6. The fourth-order valence-electron chi connectivity index (χ4n) is 4.05. The van der Waals surface area contributed by atoms with Crippen LogP contribution in [0, 0.1) is 0 Å². The van der Waals surface area contributed by atoms with Crippen molar-refractivity contribution in [2.75, 3.05) is 19.6 Å². The third-order valence-electron chi connectivity index (χ3n) is 5.88. The molecule has 4 aromatic rings. The lowest BCUT2D eigenvalue weighted by Crippen LogP contribution is -2.30. The van der Waals surface area contributed by atoms with E-state index in [0.29, 0.717) is 5.92 Å². The molecule has 4 rings (SSSR count). The Balaban J connectivity index is 1.29. The molecule has 0 aliphatic rings. The maximum Gasteiger partial charge on any atom is 0.0692 e. The Morgan fingerprint density at radius 3 is 1.71 bits per heavy atom. The molecule has 0 aromatic heterocycles. The summed E-state index contributed by atoms with van der Waals surface area (Å²) in [5.41, 5.74) is 4.91. The van der Waals surface area contributed by atoms with Crippen molar-refractivity contribution in [2.45, 2.75) is 28.9 Å². The van der Waals surface area contributed by atoms with E-state index in [1.165, 1.54) is 21.6 Å². The molecule has 3 N–H and O–H groups in total. The normalized spacial score (nSPS) is 11.1. The van der Waals surface area contributed by atoms with E-state index in [2.05, 4.69) is 102 Å². The first-order chi connectivity index (χ1) is 16.8. The van der Waals surface area contributed by atoms with E-state index in [0.717, 1.165) is 36.6 Å². The molecule has 0 saturated heterocycles. The van der Waals surface area contributed by atoms with E-state index in [9.17, 15) is 5.11 Å². The SMILES string of the molecule is OCc1ccccc1Sc1ccccc1CNCCNCC(c1ccccc1)c1ccccc1. The van der Waals surface area contributed by atoms with Crippen molar-refractivity contribution in [1.29, 1.82) is 0 Å². The molecule has 0 fully saturated rings. The summed E-state index contributed by atoms with van der Waals surface area (Å²) in [4.78, 5) is 2.32. The Labute approximate surface area is 207 Å². The van der Waals surface area contributed by atoms with Crippen LogP contribution in [-0.4, -0.2) is 24.7 Å². The van der Waals surface area contributed by atoms with Crippen molar-refractivity contribution in [2.24, 2.45) is 0 Å². The molecule has 0 radical (unpaired) electrons. The fraction of sp³-hybridized carbons (Fsp3) is 0.200. The molecule has 0 heterocycles. The first kappa shape index (κ1) is 24.2. The zero-order valence-corrected chi connectivity index (χ0v) is 20.2. The molecule has 4 aromatic carbocycles. The van der Waals surface area contributed by atoms with E-state index in [1.54, 1.807) is 11.8 Å². The summed E-state index contributed by atoms with van der Waals surface area (Å²) in [6, 6.07) is 37.9. The van der Waals surface area contributed by atoms with Crippen molar-refractivity contribution < 1.29 is 5.11 Å². The third-order valence-corrected chi connectivity index (χ3v) is 7.12. The fourth-order valence-corrected chi connectivity index (χ4v) is 5.11. The molecule has 174 valence electrons. The van der Waals surface area contributed by atoms with Gasteiger partial charge in [-0.15, -0.1) is 0 Å². The molecule has 3 nitrogen and oxygen atoms in total. The Kier molecular flexibility index (Phi) is 9.35. The topological polar surface area (TPSA) is 44.3 Å². The average Bonchev–Trinajstić information content (AvgIpc) is 2.90. The van der Waals surface area contributed by atoms with Crippen LogP contribution in [-0.2, 0) is 13.2 Å². The summed E-state index contributed by atoms with van der Waals surface area (Å²) in [5.74, 6) is 0.339. The predicted molar refractivity (Wildman–Crippen MR) is 142 cm³/mol. The Morgan fingerprint density at radius 1 is 0.588 bits per heavy atom. The number of hydrogen-bond acceptors (Lipinski definition) is 4. The molecule has 0 unspecified atom stereocenters. The summed E-state index contributed by atoms with van der Waals surface area (Å²) < 4.78 is 0. The lowest BCUT2D eigenvalue weighted by Gasteiger charge is -2.19. The first-order valence-electron chi connectivity index (χ1n) is 11.8. The van der Waals surface area contributed by atoms with E-state index in [-0.39, 0.29) is 6.61 Å². The van der Waals surface area contributed by atoms with Crippen molar-refractivity contribution in [3.8, 4) is 0 Å². The van der Waals surface area contributed by atoms with Crippen LogP contribution < -0.4 is 10.6 Å². The summed E-state index contributed by atoms with van der Waals surface area (Å²) in [6.07, 6.45) is 0. The molecule has 0 spiro atoms. The maximum atomic E-state index is 9.64. The van der Waals surface area contributed by atoms with Crippen LogP contribution in [0.4, 0.5) is 0 Å². The van der Waals surface area contributed by atoms with Gasteiger partial charge in [-0.05, 0) is 34.4 Å². The van der Waals surface area contributed by atoms with Gasteiger partial charge in [0, 0.05) is 41.9 Å². The van der Waals surface area contributed by atoms with Crippen LogP contribution in [0.5, 0.6) is 0 Å². The van der Waals surface area contributed by atoms with Gasteiger partial charge in [-0.3, -0.25) is 0 Å². The van der Waals surface area contributed by atoms with E-state index in [4.69, 9.17) is 0 Å². The van der Waals surface area contributed by atoms with Gasteiger partial charge in [-0.2, -0.15) is 0 Å².